The normalized spacial score (nSPS) is 16.3. The molecule has 2 heterocycles. The van der Waals surface area contributed by atoms with Crippen molar-refractivity contribution < 1.29 is 9.59 Å². The highest BCUT2D eigenvalue weighted by molar-refractivity contribution is 5.83. The van der Waals surface area contributed by atoms with Gasteiger partial charge in [0, 0.05) is 39.0 Å². The number of likely N-dealkylation sites (N-methyl/N-ethyl adjacent to an activating group) is 1. The number of amides is 2. The number of likely N-dealkylation sites (tertiary alicyclic amines) is 1. The summed E-state index contributed by atoms with van der Waals surface area (Å²) in [6.07, 6.45) is 2.47. The summed E-state index contributed by atoms with van der Waals surface area (Å²) in [7, 11) is 1.86. The van der Waals surface area contributed by atoms with Crippen molar-refractivity contribution in [1.82, 2.24) is 19.4 Å². The Bertz CT molecular complexity index is 1060. The van der Waals surface area contributed by atoms with Gasteiger partial charge in [-0.15, -0.1) is 0 Å². The van der Waals surface area contributed by atoms with Gasteiger partial charge >= 0.3 is 0 Å². The number of imidazole rings is 1. The third-order valence-electron chi connectivity index (χ3n) is 6.05. The number of para-hydroxylation sites is 2. The second kappa shape index (κ2) is 9.33. The number of unbranched alkanes of at least 4 members (excludes halogenated alkanes) is 1. The topological polar surface area (TPSA) is 58.4 Å². The zero-order valence-electron chi connectivity index (χ0n) is 18.3. The van der Waals surface area contributed by atoms with E-state index >= 15 is 0 Å². The number of hydrogen-bond acceptors (Lipinski definition) is 3. The molecule has 2 aromatic carbocycles. The van der Waals surface area contributed by atoms with Gasteiger partial charge in [-0.05, 0) is 24.1 Å². The highest BCUT2D eigenvalue weighted by atomic mass is 16.2. The van der Waals surface area contributed by atoms with E-state index in [1.165, 1.54) is 0 Å². The molecule has 1 fully saturated rings. The van der Waals surface area contributed by atoms with Gasteiger partial charge in [0.15, 0.2) is 0 Å². The van der Waals surface area contributed by atoms with E-state index in [2.05, 4.69) is 6.92 Å². The number of carbonyl (C=O) groups excluding carboxylic acids is 2. The summed E-state index contributed by atoms with van der Waals surface area (Å²) in [6.45, 7) is 4.35. The van der Waals surface area contributed by atoms with E-state index in [1.54, 1.807) is 4.90 Å². The molecule has 0 saturated carbocycles. The van der Waals surface area contributed by atoms with Crippen molar-refractivity contribution >= 4 is 22.8 Å². The van der Waals surface area contributed by atoms with Gasteiger partial charge in [0.2, 0.25) is 11.8 Å². The van der Waals surface area contributed by atoms with Gasteiger partial charge < -0.3 is 14.4 Å². The fraction of sp³-hybridized carbons (Fsp3) is 0.400. The molecule has 162 valence electrons. The maximum atomic E-state index is 12.9. The van der Waals surface area contributed by atoms with Crippen LogP contribution in [0.15, 0.2) is 54.6 Å². The molecule has 1 aliphatic rings. The van der Waals surface area contributed by atoms with Crippen LogP contribution >= 0.6 is 0 Å². The van der Waals surface area contributed by atoms with Crippen LogP contribution in [0.1, 0.15) is 43.5 Å². The summed E-state index contributed by atoms with van der Waals surface area (Å²) in [6, 6.07) is 18.0. The maximum Gasteiger partial charge on any atom is 0.242 e. The molecule has 1 unspecified atom stereocenters. The third kappa shape index (κ3) is 4.63. The van der Waals surface area contributed by atoms with E-state index < -0.39 is 0 Å². The van der Waals surface area contributed by atoms with Crippen molar-refractivity contribution in [2.75, 3.05) is 20.1 Å². The Kier molecular flexibility index (Phi) is 6.35. The van der Waals surface area contributed by atoms with Crippen LogP contribution in [0.4, 0.5) is 0 Å². The smallest absolute Gasteiger partial charge is 0.242 e. The second-order valence-corrected chi connectivity index (χ2v) is 8.37. The van der Waals surface area contributed by atoms with Crippen molar-refractivity contribution in [3.05, 3.63) is 66.0 Å². The molecule has 1 aliphatic heterocycles. The summed E-state index contributed by atoms with van der Waals surface area (Å²) < 4.78 is 2.02. The molecule has 0 radical (unpaired) electrons. The van der Waals surface area contributed by atoms with Gasteiger partial charge in [0.05, 0.1) is 11.0 Å². The summed E-state index contributed by atoms with van der Waals surface area (Å²) in [5.74, 6) is 1.03. The zero-order chi connectivity index (χ0) is 21.8. The van der Waals surface area contributed by atoms with Crippen LogP contribution < -0.4 is 0 Å². The maximum absolute atomic E-state index is 12.9. The number of nitrogens with zero attached hydrogens (tertiary/aromatic N) is 4. The summed E-state index contributed by atoms with van der Waals surface area (Å²) >= 11 is 0. The molecule has 4 rings (SSSR count). The highest BCUT2D eigenvalue weighted by Crippen LogP contribution is 2.31. The van der Waals surface area contributed by atoms with Crippen molar-refractivity contribution in [3.8, 4) is 0 Å². The Balaban J connectivity index is 1.58. The van der Waals surface area contributed by atoms with Crippen LogP contribution in [-0.2, 0) is 22.7 Å². The van der Waals surface area contributed by atoms with Crippen molar-refractivity contribution in [1.29, 1.82) is 0 Å². The Morgan fingerprint density at radius 3 is 2.65 bits per heavy atom. The molecule has 2 amide bonds. The molecule has 0 spiro atoms. The minimum absolute atomic E-state index is 0.0163. The standard InChI is InChI=1S/C25H30N4O2/c1-3-4-14-27(2)24(31)18-29-22-13-9-8-12-21(22)26-25(29)20-15-23(30)28(17-20)16-19-10-6-5-7-11-19/h5-13,20H,3-4,14-18H2,1-2H3. The summed E-state index contributed by atoms with van der Waals surface area (Å²) in [5, 5.41) is 0. The Morgan fingerprint density at radius 1 is 1.13 bits per heavy atom. The van der Waals surface area contributed by atoms with Crippen molar-refractivity contribution in [3.63, 3.8) is 0 Å². The van der Waals surface area contributed by atoms with E-state index in [9.17, 15) is 9.59 Å². The minimum Gasteiger partial charge on any atom is -0.344 e. The van der Waals surface area contributed by atoms with Gasteiger partial charge in [-0.2, -0.15) is 0 Å². The zero-order valence-corrected chi connectivity index (χ0v) is 18.3. The van der Waals surface area contributed by atoms with Crippen molar-refractivity contribution in [2.45, 2.75) is 45.2 Å². The van der Waals surface area contributed by atoms with Gasteiger partial charge in [0.25, 0.3) is 0 Å². The molecular formula is C25H30N4O2. The lowest BCUT2D eigenvalue weighted by Crippen LogP contribution is -2.32. The van der Waals surface area contributed by atoms with E-state index in [0.29, 0.717) is 19.5 Å². The predicted octanol–water partition coefficient (Wildman–Crippen LogP) is 3.81. The number of benzene rings is 2. The number of fused-ring (bicyclic) bond motifs is 1. The molecule has 1 aromatic heterocycles. The Labute approximate surface area is 183 Å². The van der Waals surface area contributed by atoms with E-state index in [1.807, 2.05) is 71.1 Å². The van der Waals surface area contributed by atoms with Crippen molar-refractivity contribution in [2.24, 2.45) is 0 Å². The molecule has 0 aliphatic carbocycles. The van der Waals surface area contributed by atoms with Gasteiger partial charge in [0.1, 0.15) is 12.4 Å². The number of hydrogen-bond donors (Lipinski definition) is 0. The summed E-state index contributed by atoms with van der Waals surface area (Å²) in [5.41, 5.74) is 2.94. The average molecular weight is 419 g/mol. The summed E-state index contributed by atoms with van der Waals surface area (Å²) in [4.78, 5) is 34.2. The molecule has 0 N–H and O–H groups in total. The fourth-order valence-electron chi connectivity index (χ4n) is 4.25. The largest absolute Gasteiger partial charge is 0.344 e. The quantitative estimate of drug-likeness (QED) is 0.559. The van der Waals surface area contributed by atoms with Gasteiger partial charge in [-0.1, -0.05) is 55.8 Å². The first-order valence-electron chi connectivity index (χ1n) is 11.1. The van der Waals surface area contributed by atoms with Gasteiger partial charge in [-0.25, -0.2) is 4.98 Å². The lowest BCUT2D eigenvalue weighted by atomic mass is 10.1. The monoisotopic (exact) mass is 418 g/mol. The van der Waals surface area contributed by atoms with Crippen LogP contribution in [-0.4, -0.2) is 51.3 Å². The third-order valence-corrected chi connectivity index (χ3v) is 6.05. The Hall–Kier alpha value is -3.15. The molecule has 1 atom stereocenters. The van der Waals surface area contributed by atoms with Crippen LogP contribution in [0.2, 0.25) is 0 Å². The average Bonchev–Trinajstić information content (AvgIpc) is 3.33. The Morgan fingerprint density at radius 2 is 1.87 bits per heavy atom. The number of carbonyl (C=O) groups is 2. The first kappa shape index (κ1) is 21.1. The molecule has 1 saturated heterocycles. The number of aromatic nitrogens is 2. The van der Waals surface area contributed by atoms with Gasteiger partial charge in [-0.3, -0.25) is 9.59 Å². The lowest BCUT2D eigenvalue weighted by molar-refractivity contribution is -0.130. The highest BCUT2D eigenvalue weighted by Gasteiger charge is 2.34. The lowest BCUT2D eigenvalue weighted by Gasteiger charge is -2.20. The first-order chi connectivity index (χ1) is 15.1. The fourth-order valence-corrected chi connectivity index (χ4v) is 4.25. The second-order valence-electron chi connectivity index (χ2n) is 8.37. The first-order valence-corrected chi connectivity index (χ1v) is 11.1. The van der Waals surface area contributed by atoms with Crippen LogP contribution in [0, 0.1) is 0 Å². The molecule has 0 bridgehead atoms. The SMILES string of the molecule is CCCCN(C)C(=O)Cn1c(C2CC(=O)N(Cc3ccccc3)C2)nc2ccccc21. The molecule has 6 nitrogen and oxygen atoms in total. The van der Waals surface area contributed by atoms with Crippen LogP contribution in [0.25, 0.3) is 11.0 Å². The van der Waals surface area contributed by atoms with E-state index in [4.69, 9.17) is 4.98 Å². The van der Waals surface area contributed by atoms with Crippen LogP contribution in [0.3, 0.4) is 0 Å². The number of rotatable bonds is 8. The molecule has 3 aromatic rings. The molecule has 6 heteroatoms. The predicted molar refractivity (Wildman–Crippen MR) is 121 cm³/mol. The molecular weight excluding hydrogens is 388 g/mol. The van der Waals surface area contributed by atoms with Crippen LogP contribution in [0.5, 0.6) is 0 Å². The van der Waals surface area contributed by atoms with E-state index in [-0.39, 0.29) is 24.3 Å². The molecule has 31 heavy (non-hydrogen) atoms. The minimum atomic E-state index is -0.0163. The van der Waals surface area contributed by atoms with E-state index in [0.717, 1.165) is 41.8 Å².